The lowest BCUT2D eigenvalue weighted by Crippen LogP contribution is -2.14. The summed E-state index contributed by atoms with van der Waals surface area (Å²) >= 11 is 27.9. The number of halogens is 4. The van der Waals surface area contributed by atoms with E-state index in [4.69, 9.17) is 65.8 Å². The van der Waals surface area contributed by atoms with E-state index in [1.54, 1.807) is 35.7 Å². The molecule has 13 heteroatoms. The Hall–Kier alpha value is -2.01. The molecule has 2 heterocycles. The van der Waals surface area contributed by atoms with Gasteiger partial charge in [0, 0.05) is 56.8 Å². The maximum atomic E-state index is 12.4. The number of hydrogen-bond acceptors (Lipinski definition) is 7. The molecular formula is C31H34Cl4N4O3S2. The average molecular weight is 717 g/mol. The van der Waals surface area contributed by atoms with Crippen molar-refractivity contribution in [1.29, 1.82) is 0 Å². The van der Waals surface area contributed by atoms with Crippen LogP contribution in [0.25, 0.3) is 0 Å². The normalized spacial score (nSPS) is 11.5. The van der Waals surface area contributed by atoms with E-state index in [1.807, 2.05) is 47.5 Å². The molecule has 0 aliphatic rings. The number of aromatic nitrogens is 4. The highest BCUT2D eigenvalue weighted by Gasteiger charge is 2.21. The first-order valence-electron chi connectivity index (χ1n) is 14.0. The molecule has 0 aliphatic heterocycles. The zero-order valence-electron chi connectivity index (χ0n) is 25.3. The summed E-state index contributed by atoms with van der Waals surface area (Å²) in [5.41, 5.74) is 1.91. The first kappa shape index (κ1) is 34.9. The third kappa shape index (κ3) is 9.04. The van der Waals surface area contributed by atoms with Gasteiger partial charge in [-0.25, -0.2) is 14.8 Å². The van der Waals surface area contributed by atoms with Crippen molar-refractivity contribution in [3.63, 3.8) is 0 Å². The fourth-order valence-corrected chi connectivity index (χ4v) is 8.19. The van der Waals surface area contributed by atoms with Crippen LogP contribution in [-0.2, 0) is 36.4 Å². The van der Waals surface area contributed by atoms with E-state index in [0.717, 1.165) is 42.9 Å². The predicted molar refractivity (Wildman–Crippen MR) is 180 cm³/mol. The third-order valence-corrected chi connectivity index (χ3v) is 9.78. The topological polar surface area (TPSA) is 71.2 Å². The summed E-state index contributed by atoms with van der Waals surface area (Å²) in [5, 5.41) is 4.28. The van der Waals surface area contributed by atoms with Crippen molar-refractivity contribution in [2.45, 2.75) is 72.2 Å². The molecule has 0 saturated carbocycles. The SMILES string of the molecule is CC(C)c1nc(CCOC(=O)OCCc2nc(C(C)C)c(Sc3cc(Cl)cc(Cl)c3)n2C)n(C)c1Sc1cc(Cl)cc(Cl)c1. The van der Waals surface area contributed by atoms with Crippen LogP contribution >= 0.6 is 69.9 Å². The molecule has 0 unspecified atom stereocenters. The monoisotopic (exact) mass is 714 g/mol. The third-order valence-electron chi connectivity index (χ3n) is 6.61. The van der Waals surface area contributed by atoms with Crippen molar-refractivity contribution < 1.29 is 14.3 Å². The zero-order chi connectivity index (χ0) is 32.1. The van der Waals surface area contributed by atoms with E-state index in [-0.39, 0.29) is 25.0 Å². The summed E-state index contributed by atoms with van der Waals surface area (Å²) in [6, 6.07) is 10.9. The van der Waals surface area contributed by atoms with Crippen LogP contribution in [0.3, 0.4) is 0 Å². The van der Waals surface area contributed by atoms with E-state index in [0.29, 0.717) is 32.9 Å². The number of hydrogen-bond donors (Lipinski definition) is 0. The second-order valence-electron chi connectivity index (χ2n) is 10.7. The van der Waals surface area contributed by atoms with Crippen molar-refractivity contribution >= 4 is 76.1 Å². The van der Waals surface area contributed by atoms with Gasteiger partial charge >= 0.3 is 6.16 Å². The first-order chi connectivity index (χ1) is 20.8. The van der Waals surface area contributed by atoms with Crippen LogP contribution in [0.15, 0.2) is 56.2 Å². The van der Waals surface area contributed by atoms with E-state index in [1.165, 1.54) is 0 Å². The quantitative estimate of drug-likeness (QED) is 0.135. The van der Waals surface area contributed by atoms with E-state index in [2.05, 4.69) is 27.7 Å². The van der Waals surface area contributed by atoms with Crippen LogP contribution in [0.4, 0.5) is 4.79 Å². The minimum atomic E-state index is -0.729. The highest BCUT2D eigenvalue weighted by molar-refractivity contribution is 7.99. The van der Waals surface area contributed by atoms with E-state index in [9.17, 15) is 4.79 Å². The number of ether oxygens (including phenoxy) is 2. The maximum Gasteiger partial charge on any atom is 0.508 e. The van der Waals surface area contributed by atoms with Gasteiger partial charge in [0.05, 0.1) is 11.4 Å². The molecule has 2 aromatic heterocycles. The van der Waals surface area contributed by atoms with Crippen LogP contribution in [-0.4, -0.2) is 38.5 Å². The van der Waals surface area contributed by atoms with Gasteiger partial charge in [-0.15, -0.1) is 0 Å². The predicted octanol–water partition coefficient (Wildman–Crippen LogP) is 10.3. The van der Waals surface area contributed by atoms with Crippen LogP contribution < -0.4 is 0 Å². The summed E-state index contributed by atoms with van der Waals surface area (Å²) in [5.74, 6) is 2.00. The molecule has 0 bridgehead atoms. The van der Waals surface area contributed by atoms with Crippen LogP contribution in [0.5, 0.6) is 0 Å². The Morgan fingerprint density at radius 1 is 0.682 bits per heavy atom. The molecule has 0 radical (unpaired) electrons. The number of carbonyl (C=O) groups excluding carboxylic acids is 1. The Morgan fingerprint density at radius 3 is 1.34 bits per heavy atom. The van der Waals surface area contributed by atoms with Gasteiger partial charge in [0.15, 0.2) is 0 Å². The Labute approximate surface area is 286 Å². The maximum absolute atomic E-state index is 12.4. The highest BCUT2D eigenvalue weighted by Crippen LogP contribution is 2.38. The first-order valence-corrected chi connectivity index (χ1v) is 17.1. The molecule has 236 valence electrons. The highest BCUT2D eigenvalue weighted by atomic mass is 35.5. The zero-order valence-corrected chi connectivity index (χ0v) is 29.9. The van der Waals surface area contributed by atoms with Gasteiger partial charge in [0.1, 0.15) is 34.9 Å². The van der Waals surface area contributed by atoms with Gasteiger partial charge < -0.3 is 18.6 Å². The van der Waals surface area contributed by atoms with Crippen LogP contribution in [0.2, 0.25) is 20.1 Å². The Kier molecular flexibility index (Phi) is 12.3. The van der Waals surface area contributed by atoms with Crippen LogP contribution in [0, 0.1) is 0 Å². The lowest BCUT2D eigenvalue weighted by molar-refractivity contribution is 0.0560. The minimum Gasteiger partial charge on any atom is -0.434 e. The second-order valence-corrected chi connectivity index (χ2v) is 14.6. The standard InChI is InChI=1S/C31H34Cl4N4O3S2/c1-17(2)27-29(43-23-13-19(32)11-20(33)14-23)38(5)25(36-27)7-9-41-31(40)42-10-8-26-37-28(18(3)4)30(39(26)6)44-24-15-21(34)12-22(35)16-24/h11-18H,7-10H2,1-6H3. The Balaban J connectivity index is 1.33. The van der Waals surface area contributed by atoms with Gasteiger partial charge in [-0.3, -0.25) is 0 Å². The fourth-order valence-electron chi connectivity index (χ4n) is 4.43. The molecule has 2 aromatic carbocycles. The summed E-state index contributed by atoms with van der Waals surface area (Å²) in [6.07, 6.45) is 0.147. The number of benzene rings is 2. The largest absolute Gasteiger partial charge is 0.508 e. The molecule has 4 aromatic rings. The molecule has 7 nitrogen and oxygen atoms in total. The van der Waals surface area contributed by atoms with Crippen molar-refractivity contribution in [1.82, 2.24) is 19.1 Å². The van der Waals surface area contributed by atoms with Crippen molar-refractivity contribution in [2.24, 2.45) is 14.1 Å². The number of imidazole rings is 2. The summed E-state index contributed by atoms with van der Waals surface area (Å²) in [6.45, 7) is 8.64. The number of rotatable bonds is 12. The van der Waals surface area contributed by atoms with Gasteiger partial charge in [-0.1, -0.05) is 97.6 Å². The van der Waals surface area contributed by atoms with Gasteiger partial charge in [0.25, 0.3) is 0 Å². The average Bonchev–Trinajstić information content (AvgIpc) is 3.39. The smallest absolute Gasteiger partial charge is 0.434 e. The van der Waals surface area contributed by atoms with E-state index < -0.39 is 6.16 Å². The fraction of sp³-hybridized carbons (Fsp3) is 0.387. The summed E-state index contributed by atoms with van der Waals surface area (Å²) in [7, 11) is 3.90. The molecule has 0 atom stereocenters. The van der Waals surface area contributed by atoms with Gasteiger partial charge in [-0.05, 0) is 48.2 Å². The minimum absolute atomic E-state index is 0.136. The summed E-state index contributed by atoms with van der Waals surface area (Å²) in [4.78, 5) is 23.9. The number of nitrogens with zero attached hydrogens (tertiary/aromatic N) is 4. The molecule has 0 saturated heterocycles. The molecule has 0 fully saturated rings. The lowest BCUT2D eigenvalue weighted by atomic mass is 10.1. The van der Waals surface area contributed by atoms with Gasteiger partial charge in [0.2, 0.25) is 0 Å². The van der Waals surface area contributed by atoms with Crippen molar-refractivity contribution in [2.75, 3.05) is 13.2 Å². The van der Waals surface area contributed by atoms with Crippen molar-refractivity contribution in [3.05, 3.63) is 79.5 Å². The van der Waals surface area contributed by atoms with E-state index >= 15 is 0 Å². The van der Waals surface area contributed by atoms with Crippen molar-refractivity contribution in [3.8, 4) is 0 Å². The lowest BCUT2D eigenvalue weighted by Gasteiger charge is -2.10. The van der Waals surface area contributed by atoms with Crippen LogP contribution in [0.1, 0.15) is 62.6 Å². The Morgan fingerprint density at radius 2 is 1.02 bits per heavy atom. The molecule has 44 heavy (non-hydrogen) atoms. The molecular weight excluding hydrogens is 682 g/mol. The summed E-state index contributed by atoms with van der Waals surface area (Å²) < 4.78 is 14.8. The van der Waals surface area contributed by atoms with Gasteiger partial charge in [-0.2, -0.15) is 0 Å². The Bertz CT molecular complexity index is 1480. The molecule has 0 N–H and O–H groups in total. The number of carbonyl (C=O) groups is 1. The second kappa shape index (κ2) is 15.5. The molecule has 0 aliphatic carbocycles. The molecule has 0 amide bonds. The molecule has 4 rings (SSSR count). The molecule has 0 spiro atoms.